The highest BCUT2D eigenvalue weighted by Crippen LogP contribution is 2.28. The van der Waals surface area contributed by atoms with Crippen molar-refractivity contribution in [2.24, 2.45) is 0 Å². The lowest BCUT2D eigenvalue weighted by Gasteiger charge is -2.42. The molecule has 3 heterocycles. The second-order valence-corrected chi connectivity index (χ2v) is 7.04. The molecular weight excluding hydrogens is 348 g/mol. The fraction of sp³-hybridized carbons (Fsp3) is 0.421. The number of amides is 2. The molecule has 2 aliphatic rings. The SMILES string of the molecule is Cc1ccc(N2C[C@@]3(COCCN(C(=O)c4ccn[nH]4)C3)OCC2=O)cc1. The molecule has 142 valence electrons. The average molecular weight is 370 g/mol. The number of aryl methyl sites for hydroxylation is 1. The van der Waals surface area contributed by atoms with Gasteiger partial charge in [-0.25, -0.2) is 0 Å². The summed E-state index contributed by atoms with van der Waals surface area (Å²) in [5.41, 5.74) is 1.62. The lowest BCUT2D eigenvalue weighted by atomic mass is 10.0. The van der Waals surface area contributed by atoms with Crippen LogP contribution in [0.5, 0.6) is 0 Å². The van der Waals surface area contributed by atoms with E-state index in [1.807, 2.05) is 31.2 Å². The zero-order chi connectivity index (χ0) is 18.9. The van der Waals surface area contributed by atoms with Crippen molar-refractivity contribution in [1.82, 2.24) is 15.1 Å². The Morgan fingerprint density at radius 2 is 2.04 bits per heavy atom. The highest BCUT2D eigenvalue weighted by atomic mass is 16.6. The van der Waals surface area contributed by atoms with E-state index >= 15 is 0 Å². The maximum atomic E-state index is 12.8. The summed E-state index contributed by atoms with van der Waals surface area (Å²) in [4.78, 5) is 28.6. The van der Waals surface area contributed by atoms with Gasteiger partial charge in [0, 0.05) is 18.4 Å². The van der Waals surface area contributed by atoms with Crippen LogP contribution in [-0.4, -0.2) is 72.0 Å². The number of H-pyrrole nitrogens is 1. The van der Waals surface area contributed by atoms with E-state index in [4.69, 9.17) is 9.47 Å². The molecule has 4 rings (SSSR count). The van der Waals surface area contributed by atoms with Crippen LogP contribution in [0, 0.1) is 6.92 Å². The molecule has 1 aromatic carbocycles. The van der Waals surface area contributed by atoms with Crippen LogP contribution in [0.4, 0.5) is 5.69 Å². The Labute approximate surface area is 157 Å². The third kappa shape index (κ3) is 3.58. The van der Waals surface area contributed by atoms with Gasteiger partial charge in [0.05, 0.1) is 26.3 Å². The zero-order valence-corrected chi connectivity index (χ0v) is 15.2. The molecule has 8 nitrogen and oxygen atoms in total. The Hall–Kier alpha value is -2.71. The van der Waals surface area contributed by atoms with Crippen molar-refractivity contribution in [2.75, 3.05) is 44.4 Å². The first kappa shape index (κ1) is 17.7. The first-order valence-electron chi connectivity index (χ1n) is 8.94. The number of hydrogen-bond acceptors (Lipinski definition) is 5. The first-order chi connectivity index (χ1) is 13.1. The van der Waals surface area contributed by atoms with Gasteiger partial charge in [0.2, 0.25) is 0 Å². The molecular formula is C19H22N4O4. The van der Waals surface area contributed by atoms with Crippen molar-refractivity contribution >= 4 is 17.5 Å². The van der Waals surface area contributed by atoms with E-state index < -0.39 is 5.60 Å². The van der Waals surface area contributed by atoms with Crippen LogP contribution in [0.1, 0.15) is 16.1 Å². The number of hydrogen-bond donors (Lipinski definition) is 1. The van der Waals surface area contributed by atoms with Gasteiger partial charge in [0.15, 0.2) is 0 Å². The van der Waals surface area contributed by atoms with E-state index in [-0.39, 0.29) is 18.4 Å². The average Bonchev–Trinajstić information content (AvgIpc) is 3.13. The van der Waals surface area contributed by atoms with Gasteiger partial charge in [-0.2, -0.15) is 5.10 Å². The predicted octanol–water partition coefficient (Wildman–Crippen LogP) is 0.993. The maximum absolute atomic E-state index is 12.8. The molecule has 0 saturated carbocycles. The Kier molecular flexibility index (Phi) is 4.67. The Morgan fingerprint density at radius 3 is 2.78 bits per heavy atom. The number of morpholine rings is 1. The van der Waals surface area contributed by atoms with Crippen LogP contribution in [0.15, 0.2) is 36.5 Å². The molecule has 0 bridgehead atoms. The Morgan fingerprint density at radius 1 is 1.22 bits per heavy atom. The largest absolute Gasteiger partial charge is 0.376 e. The molecule has 0 aliphatic carbocycles. The summed E-state index contributed by atoms with van der Waals surface area (Å²) < 4.78 is 11.7. The van der Waals surface area contributed by atoms with Gasteiger partial charge in [0.1, 0.15) is 17.9 Å². The van der Waals surface area contributed by atoms with Gasteiger partial charge in [-0.3, -0.25) is 14.7 Å². The predicted molar refractivity (Wildman–Crippen MR) is 97.5 cm³/mol. The molecule has 0 radical (unpaired) electrons. The summed E-state index contributed by atoms with van der Waals surface area (Å²) in [5.74, 6) is -0.250. The molecule has 1 aromatic heterocycles. The van der Waals surface area contributed by atoms with Crippen molar-refractivity contribution in [3.8, 4) is 0 Å². The summed E-state index contributed by atoms with van der Waals surface area (Å²) in [6.45, 7) is 3.86. The lowest BCUT2D eigenvalue weighted by molar-refractivity contribution is -0.145. The second kappa shape index (κ2) is 7.13. The second-order valence-electron chi connectivity index (χ2n) is 7.04. The van der Waals surface area contributed by atoms with Crippen LogP contribution in [0.25, 0.3) is 0 Å². The maximum Gasteiger partial charge on any atom is 0.272 e. The first-order valence-corrected chi connectivity index (χ1v) is 8.94. The zero-order valence-electron chi connectivity index (χ0n) is 15.2. The third-order valence-electron chi connectivity index (χ3n) is 4.96. The summed E-state index contributed by atoms with van der Waals surface area (Å²) in [7, 11) is 0. The van der Waals surface area contributed by atoms with Gasteiger partial charge in [-0.15, -0.1) is 0 Å². The van der Waals surface area contributed by atoms with Crippen LogP contribution in [-0.2, 0) is 14.3 Å². The van der Waals surface area contributed by atoms with E-state index in [0.29, 0.717) is 38.5 Å². The molecule has 8 heteroatoms. The Bertz CT molecular complexity index is 821. The minimum Gasteiger partial charge on any atom is -0.376 e. The van der Waals surface area contributed by atoms with Crippen molar-refractivity contribution in [3.63, 3.8) is 0 Å². The van der Waals surface area contributed by atoms with Crippen LogP contribution >= 0.6 is 0 Å². The molecule has 27 heavy (non-hydrogen) atoms. The van der Waals surface area contributed by atoms with E-state index in [2.05, 4.69) is 10.2 Å². The summed E-state index contributed by atoms with van der Waals surface area (Å²) in [6, 6.07) is 9.45. The third-order valence-corrected chi connectivity index (χ3v) is 4.96. The topological polar surface area (TPSA) is 87.8 Å². The fourth-order valence-corrected chi connectivity index (χ4v) is 3.48. The van der Waals surface area contributed by atoms with Crippen LogP contribution < -0.4 is 4.90 Å². The number of aromatic amines is 1. The van der Waals surface area contributed by atoms with Gasteiger partial charge < -0.3 is 19.3 Å². The number of aromatic nitrogens is 2. The molecule has 1 spiro atoms. The number of carbonyl (C=O) groups is 2. The minimum absolute atomic E-state index is 0.0384. The number of nitrogens with one attached hydrogen (secondary N) is 1. The molecule has 2 saturated heterocycles. The van der Waals surface area contributed by atoms with Gasteiger partial charge >= 0.3 is 0 Å². The number of nitrogens with zero attached hydrogens (tertiary/aromatic N) is 3. The van der Waals surface area contributed by atoms with E-state index in [1.165, 1.54) is 0 Å². The minimum atomic E-state index is -0.759. The highest BCUT2D eigenvalue weighted by molar-refractivity contribution is 5.95. The number of carbonyl (C=O) groups excluding carboxylic acids is 2. The normalized spacial score (nSPS) is 23.5. The van der Waals surface area contributed by atoms with Crippen molar-refractivity contribution in [2.45, 2.75) is 12.5 Å². The smallest absolute Gasteiger partial charge is 0.272 e. The Balaban J connectivity index is 1.57. The molecule has 2 amide bonds. The summed E-state index contributed by atoms with van der Waals surface area (Å²) in [6.07, 6.45) is 1.55. The standard InChI is InChI=1S/C19H22N4O4/c1-14-2-4-15(5-3-14)23-12-19(27-10-17(23)24)11-22(8-9-26-13-19)18(25)16-6-7-20-21-16/h2-7H,8-13H2,1H3,(H,20,21)/t19-/m0/s1. The molecule has 2 aromatic rings. The molecule has 2 aliphatic heterocycles. The van der Waals surface area contributed by atoms with E-state index in [0.717, 1.165) is 11.3 Å². The van der Waals surface area contributed by atoms with E-state index in [9.17, 15) is 9.59 Å². The number of rotatable bonds is 2. The van der Waals surface area contributed by atoms with Crippen molar-refractivity contribution < 1.29 is 19.1 Å². The van der Waals surface area contributed by atoms with Crippen LogP contribution in [0.2, 0.25) is 0 Å². The molecule has 1 atom stereocenters. The fourth-order valence-electron chi connectivity index (χ4n) is 3.48. The lowest BCUT2D eigenvalue weighted by Crippen LogP contribution is -2.61. The van der Waals surface area contributed by atoms with Gasteiger partial charge in [-0.05, 0) is 25.1 Å². The summed E-state index contributed by atoms with van der Waals surface area (Å²) in [5, 5.41) is 6.55. The molecule has 0 unspecified atom stereocenters. The van der Waals surface area contributed by atoms with Gasteiger partial charge in [-0.1, -0.05) is 17.7 Å². The number of benzene rings is 1. The number of ether oxygens (including phenoxy) is 2. The summed E-state index contributed by atoms with van der Waals surface area (Å²) >= 11 is 0. The molecule has 1 N–H and O–H groups in total. The van der Waals surface area contributed by atoms with Crippen LogP contribution in [0.3, 0.4) is 0 Å². The van der Waals surface area contributed by atoms with Crippen molar-refractivity contribution in [3.05, 3.63) is 47.8 Å². The monoisotopic (exact) mass is 370 g/mol. The van der Waals surface area contributed by atoms with E-state index in [1.54, 1.807) is 22.1 Å². The number of anilines is 1. The van der Waals surface area contributed by atoms with Gasteiger partial charge in [0.25, 0.3) is 11.8 Å². The molecule has 2 fully saturated rings. The van der Waals surface area contributed by atoms with Crippen molar-refractivity contribution in [1.29, 1.82) is 0 Å². The highest BCUT2D eigenvalue weighted by Gasteiger charge is 2.44. The quantitative estimate of drug-likeness (QED) is 0.852.